The minimum absolute atomic E-state index is 0.158. The van der Waals surface area contributed by atoms with Crippen LogP contribution in [0.5, 0.6) is 11.5 Å². The Hall–Kier alpha value is -2.97. The Bertz CT molecular complexity index is 693. The van der Waals surface area contributed by atoms with Crippen molar-refractivity contribution in [1.29, 1.82) is 0 Å². The van der Waals surface area contributed by atoms with Crippen LogP contribution in [0.4, 0.5) is 4.79 Å². The molecule has 162 valence electrons. The molecule has 0 saturated carbocycles. The van der Waals surface area contributed by atoms with Gasteiger partial charge in [-0.1, -0.05) is 13.8 Å². The maximum Gasteiger partial charge on any atom is 0.407 e. The van der Waals surface area contributed by atoms with E-state index in [1.807, 2.05) is 13.8 Å². The molecule has 9 nitrogen and oxygen atoms in total. The van der Waals surface area contributed by atoms with E-state index in [4.69, 9.17) is 14.2 Å². The van der Waals surface area contributed by atoms with Crippen molar-refractivity contribution in [3.05, 3.63) is 23.8 Å². The highest BCUT2D eigenvalue weighted by molar-refractivity contribution is 5.95. The minimum Gasteiger partial charge on any atom is -0.493 e. The lowest BCUT2D eigenvalue weighted by molar-refractivity contribution is -0.122. The fraction of sp³-hybridized carbons (Fsp3) is 0.550. The van der Waals surface area contributed by atoms with Crippen molar-refractivity contribution in [1.82, 2.24) is 16.0 Å². The second-order valence-corrected chi connectivity index (χ2v) is 6.73. The Labute approximate surface area is 171 Å². The van der Waals surface area contributed by atoms with Crippen LogP contribution in [0.2, 0.25) is 0 Å². The van der Waals surface area contributed by atoms with Crippen LogP contribution in [0.1, 0.15) is 37.6 Å². The third-order valence-electron chi connectivity index (χ3n) is 3.93. The van der Waals surface area contributed by atoms with E-state index in [0.717, 1.165) is 0 Å². The van der Waals surface area contributed by atoms with Gasteiger partial charge in [-0.05, 0) is 37.5 Å². The zero-order valence-electron chi connectivity index (χ0n) is 17.7. The van der Waals surface area contributed by atoms with Crippen molar-refractivity contribution in [2.75, 3.05) is 33.9 Å². The minimum atomic E-state index is -0.508. The maximum absolute atomic E-state index is 12.5. The smallest absolute Gasteiger partial charge is 0.407 e. The molecule has 1 unspecified atom stereocenters. The van der Waals surface area contributed by atoms with Crippen LogP contribution >= 0.6 is 0 Å². The molecule has 1 aromatic carbocycles. The second-order valence-electron chi connectivity index (χ2n) is 6.73. The molecule has 0 fully saturated rings. The Morgan fingerprint density at radius 1 is 1.14 bits per heavy atom. The van der Waals surface area contributed by atoms with Gasteiger partial charge in [0.2, 0.25) is 0 Å². The zero-order valence-corrected chi connectivity index (χ0v) is 17.7. The summed E-state index contributed by atoms with van der Waals surface area (Å²) in [5.41, 5.74) is 0.369. The maximum atomic E-state index is 12.5. The highest BCUT2D eigenvalue weighted by Crippen LogP contribution is 2.28. The number of rotatable bonds is 11. The third kappa shape index (κ3) is 8.71. The normalized spacial score (nSPS) is 11.4. The van der Waals surface area contributed by atoms with Crippen molar-refractivity contribution in [3.63, 3.8) is 0 Å². The van der Waals surface area contributed by atoms with Gasteiger partial charge in [0.05, 0.1) is 13.7 Å². The molecule has 0 radical (unpaired) electrons. The van der Waals surface area contributed by atoms with Crippen LogP contribution in [0, 0.1) is 5.92 Å². The van der Waals surface area contributed by atoms with Gasteiger partial charge in [-0.2, -0.15) is 0 Å². The monoisotopic (exact) mass is 409 g/mol. The van der Waals surface area contributed by atoms with E-state index in [0.29, 0.717) is 29.4 Å². The van der Waals surface area contributed by atoms with Gasteiger partial charge in [0, 0.05) is 25.2 Å². The first-order valence-electron chi connectivity index (χ1n) is 9.53. The number of hydrogen-bond acceptors (Lipinski definition) is 6. The van der Waals surface area contributed by atoms with Gasteiger partial charge in [-0.25, -0.2) is 4.79 Å². The number of carbonyl (C=O) groups excluding carboxylic acids is 3. The van der Waals surface area contributed by atoms with Crippen LogP contribution in [-0.4, -0.2) is 57.9 Å². The average molecular weight is 409 g/mol. The quantitative estimate of drug-likeness (QED) is 0.513. The van der Waals surface area contributed by atoms with Gasteiger partial charge in [-0.3, -0.25) is 9.59 Å². The molecule has 0 aliphatic carbocycles. The first-order valence-corrected chi connectivity index (χ1v) is 9.53. The molecule has 0 spiro atoms. The van der Waals surface area contributed by atoms with E-state index in [1.54, 1.807) is 19.1 Å². The Morgan fingerprint density at radius 2 is 1.86 bits per heavy atom. The van der Waals surface area contributed by atoms with E-state index >= 15 is 0 Å². The van der Waals surface area contributed by atoms with Crippen LogP contribution in [-0.2, 0) is 9.53 Å². The molecule has 1 aromatic rings. The summed E-state index contributed by atoms with van der Waals surface area (Å²) in [6.07, 6.45) is 0.181. The number of nitrogens with one attached hydrogen (secondary N) is 3. The number of benzene rings is 1. The summed E-state index contributed by atoms with van der Waals surface area (Å²) >= 11 is 0. The lowest BCUT2D eigenvalue weighted by Crippen LogP contribution is -2.44. The summed E-state index contributed by atoms with van der Waals surface area (Å²) in [5.74, 6) is 0.426. The molecule has 0 aliphatic rings. The number of hydrogen-bond donors (Lipinski definition) is 3. The molecule has 9 heteroatoms. The van der Waals surface area contributed by atoms with Crippen molar-refractivity contribution in [2.45, 2.75) is 33.2 Å². The molecule has 0 aromatic heterocycles. The highest BCUT2D eigenvalue weighted by atomic mass is 16.5. The third-order valence-corrected chi connectivity index (χ3v) is 3.93. The SMILES string of the molecule is CCOC(=O)NC(CNC(=O)c1ccc(OCC(=O)NC)c(OC)c1)CC(C)C. The number of alkyl carbamates (subject to hydrolysis) is 1. The number of amides is 3. The molecule has 0 saturated heterocycles. The number of likely N-dealkylation sites (N-methyl/N-ethyl adjacent to an activating group) is 1. The molecular weight excluding hydrogens is 378 g/mol. The van der Waals surface area contributed by atoms with Gasteiger partial charge in [0.25, 0.3) is 11.8 Å². The second kappa shape index (κ2) is 12.5. The summed E-state index contributed by atoms with van der Waals surface area (Å²) in [4.78, 5) is 35.5. The van der Waals surface area contributed by atoms with E-state index < -0.39 is 6.09 Å². The lowest BCUT2D eigenvalue weighted by atomic mass is 10.0. The van der Waals surface area contributed by atoms with Crippen molar-refractivity contribution >= 4 is 17.9 Å². The summed E-state index contributed by atoms with van der Waals surface area (Å²) in [7, 11) is 2.96. The zero-order chi connectivity index (χ0) is 21.8. The standard InChI is InChI=1S/C20H31N3O6/c1-6-28-20(26)23-15(9-13(2)3)11-22-19(25)14-7-8-16(17(10-14)27-5)29-12-18(24)21-4/h7-8,10,13,15H,6,9,11-12H2,1-5H3,(H,21,24)(H,22,25)(H,23,26). The van der Waals surface area contributed by atoms with Crippen molar-refractivity contribution in [2.24, 2.45) is 5.92 Å². The van der Waals surface area contributed by atoms with E-state index in [1.165, 1.54) is 20.2 Å². The van der Waals surface area contributed by atoms with Crippen molar-refractivity contribution in [3.8, 4) is 11.5 Å². The fourth-order valence-corrected chi connectivity index (χ4v) is 2.56. The Balaban J connectivity index is 2.75. The number of carbonyl (C=O) groups is 3. The Kier molecular flexibility index (Phi) is 10.4. The van der Waals surface area contributed by atoms with Crippen LogP contribution in [0.15, 0.2) is 18.2 Å². The molecule has 0 aliphatic heterocycles. The van der Waals surface area contributed by atoms with Gasteiger partial charge in [0.15, 0.2) is 18.1 Å². The molecule has 0 bridgehead atoms. The fourth-order valence-electron chi connectivity index (χ4n) is 2.56. The summed E-state index contributed by atoms with van der Waals surface area (Å²) in [6, 6.07) is 4.42. The molecule has 1 rings (SSSR count). The van der Waals surface area contributed by atoms with E-state index in [2.05, 4.69) is 16.0 Å². The summed E-state index contributed by atoms with van der Waals surface area (Å²) in [6.45, 7) is 6.17. The summed E-state index contributed by atoms with van der Waals surface area (Å²) < 4.78 is 15.6. The molecule has 3 amide bonds. The van der Waals surface area contributed by atoms with Crippen LogP contribution in [0.3, 0.4) is 0 Å². The van der Waals surface area contributed by atoms with E-state index in [-0.39, 0.29) is 37.6 Å². The van der Waals surface area contributed by atoms with Gasteiger partial charge < -0.3 is 30.2 Å². The molecule has 1 atom stereocenters. The number of ether oxygens (including phenoxy) is 3. The van der Waals surface area contributed by atoms with Crippen LogP contribution < -0.4 is 25.4 Å². The number of methoxy groups -OCH3 is 1. The molecular formula is C20H31N3O6. The largest absolute Gasteiger partial charge is 0.493 e. The molecule has 3 N–H and O–H groups in total. The topological polar surface area (TPSA) is 115 Å². The lowest BCUT2D eigenvalue weighted by Gasteiger charge is -2.21. The Morgan fingerprint density at radius 3 is 2.45 bits per heavy atom. The predicted molar refractivity (Wildman–Crippen MR) is 108 cm³/mol. The van der Waals surface area contributed by atoms with Gasteiger partial charge in [-0.15, -0.1) is 0 Å². The van der Waals surface area contributed by atoms with Gasteiger partial charge in [0.1, 0.15) is 0 Å². The predicted octanol–water partition coefficient (Wildman–Crippen LogP) is 1.71. The average Bonchev–Trinajstić information content (AvgIpc) is 2.69. The molecule has 29 heavy (non-hydrogen) atoms. The van der Waals surface area contributed by atoms with Crippen LogP contribution in [0.25, 0.3) is 0 Å². The highest BCUT2D eigenvalue weighted by Gasteiger charge is 2.17. The first-order chi connectivity index (χ1) is 13.8. The molecule has 0 heterocycles. The summed E-state index contributed by atoms with van der Waals surface area (Å²) in [5, 5.41) is 8.03. The first kappa shape index (κ1) is 24.1. The van der Waals surface area contributed by atoms with Gasteiger partial charge >= 0.3 is 6.09 Å². The van der Waals surface area contributed by atoms with Crippen molar-refractivity contribution < 1.29 is 28.6 Å². The van der Waals surface area contributed by atoms with E-state index in [9.17, 15) is 14.4 Å².